The minimum absolute atomic E-state index is 0.761. The number of nitrogens with two attached hydrogens (primary N) is 1. The Morgan fingerprint density at radius 1 is 1.17 bits per heavy atom. The van der Waals surface area contributed by atoms with E-state index < -0.39 is 0 Å². The number of nitrogens with one attached hydrogen (secondary N) is 1. The SMILES string of the molecule is CCN(CC)c1cc2nc(-c3ccccc3OC)[nH]c2cc1N. The van der Waals surface area contributed by atoms with E-state index >= 15 is 0 Å². The third kappa shape index (κ3) is 2.70. The average molecular weight is 310 g/mol. The second-order valence-electron chi connectivity index (χ2n) is 5.39. The number of anilines is 2. The summed E-state index contributed by atoms with van der Waals surface area (Å²) in [4.78, 5) is 10.3. The van der Waals surface area contributed by atoms with Crippen molar-refractivity contribution in [1.82, 2.24) is 9.97 Å². The van der Waals surface area contributed by atoms with Gasteiger partial charge in [-0.1, -0.05) is 12.1 Å². The van der Waals surface area contributed by atoms with E-state index in [4.69, 9.17) is 15.5 Å². The van der Waals surface area contributed by atoms with E-state index in [2.05, 4.69) is 23.7 Å². The number of benzene rings is 2. The van der Waals surface area contributed by atoms with E-state index in [1.165, 1.54) is 0 Å². The minimum Gasteiger partial charge on any atom is -0.496 e. The average Bonchev–Trinajstić information content (AvgIpc) is 2.98. The van der Waals surface area contributed by atoms with Crippen LogP contribution in [0.15, 0.2) is 36.4 Å². The van der Waals surface area contributed by atoms with Gasteiger partial charge in [0.1, 0.15) is 11.6 Å². The topological polar surface area (TPSA) is 67.2 Å². The first-order chi connectivity index (χ1) is 11.2. The second-order valence-corrected chi connectivity index (χ2v) is 5.39. The molecular formula is C18H22N4O. The lowest BCUT2D eigenvalue weighted by Crippen LogP contribution is -2.22. The highest BCUT2D eigenvalue weighted by molar-refractivity contribution is 5.89. The number of para-hydroxylation sites is 1. The molecule has 0 amide bonds. The molecule has 0 aliphatic heterocycles. The minimum atomic E-state index is 0.761. The van der Waals surface area contributed by atoms with Crippen LogP contribution in [0.4, 0.5) is 11.4 Å². The summed E-state index contributed by atoms with van der Waals surface area (Å²) < 4.78 is 5.42. The van der Waals surface area contributed by atoms with Gasteiger partial charge in [0.2, 0.25) is 0 Å². The molecule has 0 aliphatic carbocycles. The fraction of sp³-hybridized carbons (Fsp3) is 0.278. The number of ether oxygens (including phenoxy) is 1. The van der Waals surface area contributed by atoms with Crippen molar-refractivity contribution in [1.29, 1.82) is 0 Å². The predicted octanol–water partition coefficient (Wildman–Crippen LogP) is 3.67. The lowest BCUT2D eigenvalue weighted by Gasteiger charge is -2.22. The first-order valence-electron chi connectivity index (χ1n) is 7.85. The molecular weight excluding hydrogens is 288 g/mol. The Balaban J connectivity index is 2.12. The lowest BCUT2D eigenvalue weighted by molar-refractivity contribution is 0.416. The zero-order chi connectivity index (χ0) is 16.4. The van der Waals surface area contributed by atoms with Crippen LogP contribution >= 0.6 is 0 Å². The normalized spacial score (nSPS) is 10.9. The van der Waals surface area contributed by atoms with Crippen molar-refractivity contribution in [3.63, 3.8) is 0 Å². The first kappa shape index (κ1) is 15.2. The van der Waals surface area contributed by atoms with Crippen LogP contribution in [-0.2, 0) is 0 Å². The molecule has 3 N–H and O–H groups in total. The Morgan fingerprint density at radius 2 is 1.91 bits per heavy atom. The lowest BCUT2D eigenvalue weighted by atomic mass is 10.2. The number of hydrogen-bond acceptors (Lipinski definition) is 4. The third-order valence-electron chi connectivity index (χ3n) is 4.10. The number of imidazole rings is 1. The number of nitrogens with zero attached hydrogens (tertiary/aromatic N) is 2. The zero-order valence-corrected chi connectivity index (χ0v) is 13.8. The molecule has 0 spiro atoms. The van der Waals surface area contributed by atoms with Crippen molar-refractivity contribution in [2.24, 2.45) is 0 Å². The summed E-state index contributed by atoms with van der Waals surface area (Å²) in [7, 11) is 1.66. The van der Waals surface area contributed by atoms with Crippen molar-refractivity contribution in [3.8, 4) is 17.1 Å². The maximum absolute atomic E-state index is 6.23. The Labute approximate surface area is 136 Å². The summed E-state index contributed by atoms with van der Waals surface area (Å²) in [5, 5.41) is 0. The van der Waals surface area contributed by atoms with E-state index in [1.807, 2.05) is 36.4 Å². The van der Waals surface area contributed by atoms with E-state index in [9.17, 15) is 0 Å². The Hall–Kier alpha value is -2.69. The molecule has 5 heteroatoms. The predicted molar refractivity (Wildman–Crippen MR) is 96.1 cm³/mol. The summed E-state index contributed by atoms with van der Waals surface area (Å²) in [6.07, 6.45) is 0. The van der Waals surface area contributed by atoms with E-state index in [-0.39, 0.29) is 0 Å². The van der Waals surface area contributed by atoms with Crippen LogP contribution in [0.3, 0.4) is 0 Å². The number of rotatable bonds is 5. The highest BCUT2D eigenvalue weighted by Crippen LogP contribution is 2.32. The van der Waals surface area contributed by atoms with Crippen molar-refractivity contribution in [2.45, 2.75) is 13.8 Å². The molecule has 0 fully saturated rings. The molecule has 0 radical (unpaired) electrons. The maximum Gasteiger partial charge on any atom is 0.142 e. The van der Waals surface area contributed by atoms with Gasteiger partial charge in [0, 0.05) is 13.1 Å². The molecule has 3 aromatic rings. The first-order valence-corrected chi connectivity index (χ1v) is 7.85. The summed E-state index contributed by atoms with van der Waals surface area (Å²) in [6.45, 7) is 6.07. The van der Waals surface area contributed by atoms with Crippen LogP contribution in [0.1, 0.15) is 13.8 Å². The van der Waals surface area contributed by atoms with Crippen LogP contribution in [0.5, 0.6) is 5.75 Å². The molecule has 3 rings (SSSR count). The molecule has 0 saturated heterocycles. The smallest absolute Gasteiger partial charge is 0.142 e. The summed E-state index contributed by atoms with van der Waals surface area (Å²) in [5.41, 5.74) is 10.8. The number of H-pyrrole nitrogens is 1. The highest BCUT2D eigenvalue weighted by atomic mass is 16.5. The number of nitrogen functional groups attached to an aromatic ring is 1. The van der Waals surface area contributed by atoms with Crippen molar-refractivity contribution < 1.29 is 4.74 Å². The largest absolute Gasteiger partial charge is 0.496 e. The van der Waals surface area contributed by atoms with Gasteiger partial charge in [-0.3, -0.25) is 0 Å². The van der Waals surface area contributed by atoms with Crippen LogP contribution in [0, 0.1) is 0 Å². The fourth-order valence-electron chi connectivity index (χ4n) is 2.87. The van der Waals surface area contributed by atoms with Gasteiger partial charge in [-0.15, -0.1) is 0 Å². The monoisotopic (exact) mass is 310 g/mol. The summed E-state index contributed by atoms with van der Waals surface area (Å²) >= 11 is 0. The number of fused-ring (bicyclic) bond motifs is 1. The van der Waals surface area contributed by atoms with E-state index in [1.54, 1.807) is 7.11 Å². The van der Waals surface area contributed by atoms with Gasteiger partial charge in [0.25, 0.3) is 0 Å². The maximum atomic E-state index is 6.23. The quantitative estimate of drug-likeness (QED) is 0.706. The zero-order valence-electron chi connectivity index (χ0n) is 13.8. The van der Waals surface area contributed by atoms with Gasteiger partial charge < -0.3 is 20.4 Å². The molecule has 5 nitrogen and oxygen atoms in total. The van der Waals surface area contributed by atoms with Crippen molar-refractivity contribution in [3.05, 3.63) is 36.4 Å². The van der Waals surface area contributed by atoms with E-state index in [0.29, 0.717) is 0 Å². The molecule has 1 aromatic heterocycles. The summed E-state index contributed by atoms with van der Waals surface area (Å²) in [5.74, 6) is 1.58. The second kappa shape index (κ2) is 6.20. The standard InChI is InChI=1S/C18H22N4O/c1-4-22(5-2)16-11-15-14(10-13(16)19)20-18(21-15)12-8-6-7-9-17(12)23-3/h6-11H,4-5,19H2,1-3H3,(H,20,21). The van der Waals surface area contributed by atoms with Gasteiger partial charge >= 0.3 is 0 Å². The number of aromatic amines is 1. The van der Waals surface area contributed by atoms with Crippen LogP contribution in [0.2, 0.25) is 0 Å². The molecule has 23 heavy (non-hydrogen) atoms. The molecule has 120 valence electrons. The number of aromatic nitrogens is 2. The van der Waals surface area contributed by atoms with Gasteiger partial charge in [0.15, 0.2) is 0 Å². The Morgan fingerprint density at radius 3 is 2.61 bits per heavy atom. The van der Waals surface area contributed by atoms with Gasteiger partial charge in [0.05, 0.1) is 35.1 Å². The van der Waals surface area contributed by atoms with Gasteiger partial charge in [-0.2, -0.15) is 0 Å². The third-order valence-corrected chi connectivity index (χ3v) is 4.10. The summed E-state index contributed by atoms with van der Waals surface area (Å²) in [6, 6.07) is 11.8. The van der Waals surface area contributed by atoms with Crippen molar-refractivity contribution >= 4 is 22.4 Å². The van der Waals surface area contributed by atoms with Gasteiger partial charge in [-0.25, -0.2) is 4.98 Å². The van der Waals surface area contributed by atoms with Crippen LogP contribution in [-0.4, -0.2) is 30.2 Å². The van der Waals surface area contributed by atoms with Gasteiger partial charge in [-0.05, 0) is 38.1 Å². The van der Waals surface area contributed by atoms with Crippen LogP contribution < -0.4 is 15.4 Å². The Kier molecular flexibility index (Phi) is 4.10. The van der Waals surface area contributed by atoms with Crippen molar-refractivity contribution in [2.75, 3.05) is 30.8 Å². The number of methoxy groups -OCH3 is 1. The van der Waals surface area contributed by atoms with Crippen LogP contribution in [0.25, 0.3) is 22.4 Å². The molecule has 0 bridgehead atoms. The molecule has 0 aliphatic rings. The molecule has 2 aromatic carbocycles. The molecule has 0 saturated carbocycles. The van der Waals surface area contributed by atoms with E-state index in [0.717, 1.165) is 52.6 Å². The number of hydrogen-bond donors (Lipinski definition) is 2. The Bertz CT molecular complexity index is 821. The highest BCUT2D eigenvalue weighted by Gasteiger charge is 2.13. The molecule has 1 heterocycles. The fourth-order valence-corrected chi connectivity index (χ4v) is 2.87. The molecule has 0 unspecified atom stereocenters. The molecule has 0 atom stereocenters.